The van der Waals surface area contributed by atoms with Gasteiger partial charge in [0.2, 0.25) is 5.91 Å². The van der Waals surface area contributed by atoms with Gasteiger partial charge >= 0.3 is 5.97 Å². The molecule has 7 nitrogen and oxygen atoms in total. The number of carbonyl (C=O) groups excluding carboxylic acids is 1. The molecule has 0 aromatic carbocycles. The molecular formula is C13H19N3O4. The van der Waals surface area contributed by atoms with Crippen LogP contribution in [0.4, 0.5) is 0 Å². The van der Waals surface area contributed by atoms with Crippen molar-refractivity contribution in [3.05, 3.63) is 17.0 Å². The molecule has 2 heterocycles. The van der Waals surface area contributed by atoms with Crippen LogP contribution >= 0.6 is 0 Å². The summed E-state index contributed by atoms with van der Waals surface area (Å²) < 4.78 is 6.77. The Hall–Kier alpha value is -1.89. The van der Waals surface area contributed by atoms with Crippen LogP contribution < -0.4 is 0 Å². The van der Waals surface area contributed by atoms with Gasteiger partial charge in [0.05, 0.1) is 13.0 Å². The molecule has 1 amide bonds. The number of nitrogens with zero attached hydrogens (tertiary/aromatic N) is 3. The van der Waals surface area contributed by atoms with Gasteiger partial charge in [-0.25, -0.2) is 4.79 Å². The molecule has 0 saturated carbocycles. The summed E-state index contributed by atoms with van der Waals surface area (Å²) in [5.41, 5.74) is 1.59. The minimum atomic E-state index is -1.05. The molecule has 0 spiro atoms. The molecule has 0 atom stereocenters. The second-order valence-corrected chi connectivity index (χ2v) is 4.71. The van der Waals surface area contributed by atoms with E-state index in [2.05, 4.69) is 5.10 Å². The fraction of sp³-hybridized carbons (Fsp3) is 0.615. The molecule has 1 aliphatic heterocycles. The number of amides is 1. The fourth-order valence-electron chi connectivity index (χ4n) is 2.44. The Morgan fingerprint density at radius 1 is 1.45 bits per heavy atom. The van der Waals surface area contributed by atoms with Gasteiger partial charge in [-0.3, -0.25) is 9.48 Å². The average Bonchev–Trinajstić information content (AvgIpc) is 2.76. The minimum absolute atomic E-state index is 0.00991. The third-order valence-electron chi connectivity index (χ3n) is 3.46. The number of aromatic carboxylic acids is 1. The minimum Gasteiger partial charge on any atom is -0.476 e. The van der Waals surface area contributed by atoms with Crippen LogP contribution in [0.1, 0.15) is 35.1 Å². The Balaban J connectivity index is 2.10. The van der Waals surface area contributed by atoms with Crippen LogP contribution in [0.15, 0.2) is 0 Å². The van der Waals surface area contributed by atoms with Gasteiger partial charge in [-0.15, -0.1) is 0 Å². The molecule has 0 bridgehead atoms. The van der Waals surface area contributed by atoms with Gasteiger partial charge in [-0.1, -0.05) is 0 Å². The number of carbonyl (C=O) groups is 2. The zero-order valence-electron chi connectivity index (χ0n) is 11.8. The third kappa shape index (κ3) is 2.82. The summed E-state index contributed by atoms with van der Waals surface area (Å²) in [6, 6.07) is 0. The number of rotatable bonds is 5. The number of carboxylic acids is 1. The summed E-state index contributed by atoms with van der Waals surface area (Å²) in [4.78, 5) is 24.9. The SMILES string of the molecule is CCOCCC(=O)N1CCc2c(c(C(=O)O)nn2C)C1. The summed E-state index contributed by atoms with van der Waals surface area (Å²) in [6.07, 6.45) is 0.957. The standard InChI is InChI=1S/C13H19N3O4/c1-3-20-7-5-11(17)16-6-4-10-9(8-16)12(13(18)19)14-15(10)2/h3-8H2,1-2H3,(H,18,19). The first-order chi connectivity index (χ1) is 9.54. The number of ether oxygens (including phenoxy) is 1. The van der Waals surface area contributed by atoms with Crippen LogP contribution in [0.3, 0.4) is 0 Å². The van der Waals surface area contributed by atoms with E-state index < -0.39 is 5.97 Å². The first-order valence-corrected chi connectivity index (χ1v) is 6.68. The van der Waals surface area contributed by atoms with Crippen molar-refractivity contribution < 1.29 is 19.4 Å². The predicted octanol–water partition coefficient (Wildman–Crippen LogP) is 0.430. The van der Waals surface area contributed by atoms with Crippen molar-refractivity contribution in [3.8, 4) is 0 Å². The second kappa shape index (κ2) is 6.04. The monoisotopic (exact) mass is 281 g/mol. The predicted molar refractivity (Wildman–Crippen MR) is 70.4 cm³/mol. The Bertz CT molecular complexity index is 524. The van der Waals surface area contributed by atoms with Crippen molar-refractivity contribution in [1.29, 1.82) is 0 Å². The van der Waals surface area contributed by atoms with Crippen molar-refractivity contribution in [2.24, 2.45) is 7.05 Å². The summed E-state index contributed by atoms with van der Waals surface area (Å²) in [5.74, 6) is -1.06. The molecule has 0 aliphatic carbocycles. The van der Waals surface area contributed by atoms with Gasteiger partial charge in [0.15, 0.2) is 5.69 Å². The lowest BCUT2D eigenvalue weighted by Crippen LogP contribution is -2.37. The maximum atomic E-state index is 12.0. The number of aromatic nitrogens is 2. The summed E-state index contributed by atoms with van der Waals surface area (Å²) >= 11 is 0. The van der Waals surface area contributed by atoms with E-state index in [4.69, 9.17) is 9.84 Å². The summed E-state index contributed by atoms with van der Waals surface area (Å²) in [6.45, 7) is 3.78. The maximum absolute atomic E-state index is 12.0. The van der Waals surface area contributed by atoms with Gasteiger partial charge in [0.1, 0.15) is 0 Å². The molecule has 0 fully saturated rings. The molecule has 1 aromatic rings. The highest BCUT2D eigenvalue weighted by Gasteiger charge is 2.28. The van der Waals surface area contributed by atoms with Crippen molar-refractivity contribution in [3.63, 3.8) is 0 Å². The third-order valence-corrected chi connectivity index (χ3v) is 3.46. The Morgan fingerprint density at radius 2 is 2.20 bits per heavy atom. The summed E-state index contributed by atoms with van der Waals surface area (Å²) in [5, 5.41) is 13.2. The van der Waals surface area contributed by atoms with Crippen LogP contribution in [0, 0.1) is 0 Å². The lowest BCUT2D eigenvalue weighted by molar-refractivity contribution is -0.133. The number of hydrogen-bond acceptors (Lipinski definition) is 4. The van der Waals surface area contributed by atoms with E-state index >= 15 is 0 Å². The zero-order chi connectivity index (χ0) is 14.7. The fourth-order valence-corrected chi connectivity index (χ4v) is 2.44. The van der Waals surface area contributed by atoms with E-state index in [1.165, 1.54) is 0 Å². The van der Waals surface area contributed by atoms with E-state index in [9.17, 15) is 9.59 Å². The molecule has 20 heavy (non-hydrogen) atoms. The van der Waals surface area contributed by atoms with Crippen molar-refractivity contribution in [1.82, 2.24) is 14.7 Å². The topological polar surface area (TPSA) is 84.7 Å². The van der Waals surface area contributed by atoms with Gasteiger partial charge in [-0.2, -0.15) is 5.10 Å². The average molecular weight is 281 g/mol. The first kappa shape index (κ1) is 14.5. The van der Waals surface area contributed by atoms with Crippen LogP contribution in [-0.2, 0) is 29.5 Å². The molecule has 0 saturated heterocycles. The molecule has 2 rings (SSSR count). The van der Waals surface area contributed by atoms with E-state index in [1.54, 1.807) is 16.6 Å². The largest absolute Gasteiger partial charge is 0.476 e. The molecular weight excluding hydrogens is 262 g/mol. The van der Waals surface area contributed by atoms with E-state index in [0.29, 0.717) is 44.7 Å². The van der Waals surface area contributed by atoms with Gasteiger partial charge in [-0.05, 0) is 6.92 Å². The maximum Gasteiger partial charge on any atom is 0.356 e. The highest BCUT2D eigenvalue weighted by atomic mass is 16.5. The normalized spacial score (nSPS) is 14.2. The number of fused-ring (bicyclic) bond motifs is 1. The Kier molecular flexibility index (Phi) is 4.39. The molecule has 1 N–H and O–H groups in total. The number of carboxylic acid groups (broad SMARTS) is 1. The molecule has 1 aliphatic rings. The van der Waals surface area contributed by atoms with Crippen molar-refractivity contribution in [2.75, 3.05) is 19.8 Å². The van der Waals surface area contributed by atoms with Crippen LogP contribution in [0.5, 0.6) is 0 Å². The first-order valence-electron chi connectivity index (χ1n) is 6.68. The lowest BCUT2D eigenvalue weighted by Gasteiger charge is -2.27. The smallest absolute Gasteiger partial charge is 0.356 e. The van der Waals surface area contributed by atoms with E-state index in [-0.39, 0.29) is 11.6 Å². The zero-order valence-corrected chi connectivity index (χ0v) is 11.8. The highest BCUT2D eigenvalue weighted by molar-refractivity contribution is 5.88. The Morgan fingerprint density at radius 3 is 2.85 bits per heavy atom. The van der Waals surface area contributed by atoms with Gasteiger partial charge < -0.3 is 14.7 Å². The van der Waals surface area contributed by atoms with Gasteiger partial charge in [0, 0.05) is 44.4 Å². The van der Waals surface area contributed by atoms with E-state index in [0.717, 1.165) is 5.69 Å². The van der Waals surface area contributed by atoms with Crippen LogP contribution in [0.2, 0.25) is 0 Å². The van der Waals surface area contributed by atoms with Gasteiger partial charge in [0.25, 0.3) is 0 Å². The lowest BCUT2D eigenvalue weighted by atomic mass is 10.0. The van der Waals surface area contributed by atoms with E-state index in [1.807, 2.05) is 6.92 Å². The van der Waals surface area contributed by atoms with Crippen molar-refractivity contribution >= 4 is 11.9 Å². The number of hydrogen-bond donors (Lipinski definition) is 1. The molecule has 0 unspecified atom stereocenters. The van der Waals surface area contributed by atoms with Crippen LogP contribution in [-0.4, -0.2) is 51.4 Å². The molecule has 110 valence electrons. The highest BCUT2D eigenvalue weighted by Crippen LogP contribution is 2.22. The molecule has 1 aromatic heterocycles. The molecule has 0 radical (unpaired) electrons. The second-order valence-electron chi connectivity index (χ2n) is 4.71. The quantitative estimate of drug-likeness (QED) is 0.791. The van der Waals surface area contributed by atoms with Crippen molar-refractivity contribution in [2.45, 2.75) is 26.3 Å². The Labute approximate surface area is 117 Å². The van der Waals surface area contributed by atoms with Crippen LogP contribution in [0.25, 0.3) is 0 Å². The number of aryl methyl sites for hydroxylation is 1. The molecule has 7 heteroatoms. The summed E-state index contributed by atoms with van der Waals surface area (Å²) in [7, 11) is 1.73.